The molecule has 1 atom stereocenters. The maximum atomic E-state index is 12.1. The predicted molar refractivity (Wildman–Crippen MR) is 84.5 cm³/mol. The average Bonchev–Trinajstić information content (AvgIpc) is 3.05. The normalized spacial score (nSPS) is 18.5. The van der Waals surface area contributed by atoms with Crippen molar-refractivity contribution in [2.75, 3.05) is 19.7 Å². The molecule has 1 aromatic heterocycles. The highest BCUT2D eigenvalue weighted by molar-refractivity contribution is 7.11. The molecule has 21 heavy (non-hydrogen) atoms. The van der Waals surface area contributed by atoms with Gasteiger partial charge in [-0.3, -0.25) is 0 Å². The van der Waals surface area contributed by atoms with Crippen LogP contribution in [0.25, 0.3) is 0 Å². The Morgan fingerprint density at radius 1 is 1.62 bits per heavy atom. The van der Waals surface area contributed by atoms with Crippen LogP contribution >= 0.6 is 11.3 Å². The lowest BCUT2D eigenvalue weighted by Gasteiger charge is -2.17. The molecule has 5 nitrogen and oxygen atoms in total. The molecule has 0 aliphatic carbocycles. The molecule has 0 radical (unpaired) electrons. The van der Waals surface area contributed by atoms with Crippen molar-refractivity contribution in [2.45, 2.75) is 46.3 Å². The van der Waals surface area contributed by atoms with Gasteiger partial charge in [0.05, 0.1) is 17.7 Å². The van der Waals surface area contributed by atoms with Gasteiger partial charge in [0.1, 0.15) is 0 Å². The fraction of sp³-hybridized carbons (Fsp3) is 0.733. The van der Waals surface area contributed by atoms with Gasteiger partial charge in [-0.25, -0.2) is 9.78 Å². The number of likely N-dealkylation sites (tertiary alicyclic amines) is 1. The molecule has 1 aliphatic heterocycles. The number of hydrogen-bond donors (Lipinski definition) is 1. The zero-order valence-electron chi connectivity index (χ0n) is 13.1. The molecule has 2 heterocycles. The molecule has 2 rings (SSSR count). The fourth-order valence-corrected chi connectivity index (χ4v) is 3.02. The van der Waals surface area contributed by atoms with Crippen molar-refractivity contribution >= 4 is 17.4 Å². The van der Waals surface area contributed by atoms with E-state index >= 15 is 0 Å². The van der Waals surface area contributed by atoms with Crippen LogP contribution < -0.4 is 5.32 Å². The van der Waals surface area contributed by atoms with Crippen LogP contribution in [0, 0.1) is 12.8 Å². The number of aryl methyl sites for hydroxylation is 1. The number of urea groups is 1. The summed E-state index contributed by atoms with van der Waals surface area (Å²) in [6.45, 7) is 9.18. The molecular weight excluding hydrogens is 286 g/mol. The molecule has 1 fully saturated rings. The first-order chi connectivity index (χ1) is 10.0. The summed E-state index contributed by atoms with van der Waals surface area (Å²) in [6.07, 6.45) is 4.03. The van der Waals surface area contributed by atoms with E-state index in [9.17, 15) is 4.79 Å². The van der Waals surface area contributed by atoms with E-state index in [1.807, 2.05) is 18.0 Å². The highest BCUT2D eigenvalue weighted by Crippen LogP contribution is 2.15. The van der Waals surface area contributed by atoms with Gasteiger partial charge in [-0.1, -0.05) is 13.8 Å². The van der Waals surface area contributed by atoms with Crippen LogP contribution in [0.15, 0.2) is 6.20 Å². The number of carbonyl (C=O) groups excluding carboxylic acids is 1. The van der Waals surface area contributed by atoms with Gasteiger partial charge in [-0.2, -0.15) is 0 Å². The van der Waals surface area contributed by atoms with E-state index < -0.39 is 0 Å². The number of thiazole rings is 1. The van der Waals surface area contributed by atoms with Gasteiger partial charge in [-0.15, -0.1) is 11.3 Å². The van der Waals surface area contributed by atoms with Gasteiger partial charge in [0, 0.05) is 30.8 Å². The zero-order valence-corrected chi connectivity index (χ0v) is 13.9. The number of aromatic nitrogens is 1. The van der Waals surface area contributed by atoms with Crippen LogP contribution in [0.1, 0.15) is 36.6 Å². The van der Waals surface area contributed by atoms with Crippen molar-refractivity contribution in [3.05, 3.63) is 16.1 Å². The molecule has 1 aromatic rings. The number of rotatable bonds is 6. The Morgan fingerprint density at radius 2 is 2.43 bits per heavy atom. The van der Waals surface area contributed by atoms with Crippen molar-refractivity contribution in [2.24, 2.45) is 5.92 Å². The fourth-order valence-electron chi connectivity index (χ4n) is 2.28. The minimum absolute atomic E-state index is 0.00369. The van der Waals surface area contributed by atoms with E-state index in [0.717, 1.165) is 35.9 Å². The largest absolute Gasteiger partial charge is 0.376 e. The molecule has 1 aliphatic rings. The number of hydrogen-bond acceptors (Lipinski definition) is 4. The van der Waals surface area contributed by atoms with E-state index in [2.05, 4.69) is 24.1 Å². The Morgan fingerprint density at radius 3 is 3.10 bits per heavy atom. The number of nitrogens with one attached hydrogen (secondary N) is 1. The number of nitrogens with zero attached hydrogens (tertiary/aromatic N) is 2. The van der Waals surface area contributed by atoms with Gasteiger partial charge in [0.2, 0.25) is 0 Å². The minimum atomic E-state index is -0.00369. The van der Waals surface area contributed by atoms with Crippen LogP contribution in [-0.4, -0.2) is 41.7 Å². The summed E-state index contributed by atoms with van der Waals surface area (Å²) in [6, 6.07) is -0.00369. The van der Waals surface area contributed by atoms with Crippen LogP contribution in [0.5, 0.6) is 0 Å². The van der Waals surface area contributed by atoms with Crippen molar-refractivity contribution in [3.63, 3.8) is 0 Å². The van der Waals surface area contributed by atoms with Crippen LogP contribution in [0.3, 0.4) is 0 Å². The molecular formula is C15H25N3O2S. The van der Waals surface area contributed by atoms with E-state index in [1.54, 1.807) is 11.3 Å². The van der Waals surface area contributed by atoms with Crippen LogP contribution in [-0.2, 0) is 11.3 Å². The van der Waals surface area contributed by atoms with Crippen LogP contribution in [0.4, 0.5) is 4.79 Å². The van der Waals surface area contributed by atoms with Crippen molar-refractivity contribution in [1.82, 2.24) is 15.2 Å². The highest BCUT2D eigenvalue weighted by atomic mass is 32.1. The lowest BCUT2D eigenvalue weighted by Crippen LogP contribution is -2.38. The quantitative estimate of drug-likeness (QED) is 0.879. The molecule has 1 saturated heterocycles. The summed E-state index contributed by atoms with van der Waals surface area (Å²) in [5.41, 5.74) is 0. The van der Waals surface area contributed by atoms with Crippen LogP contribution in [0.2, 0.25) is 0 Å². The summed E-state index contributed by atoms with van der Waals surface area (Å²) in [5.74, 6) is 0.661. The highest BCUT2D eigenvalue weighted by Gasteiger charge is 2.26. The minimum Gasteiger partial charge on any atom is -0.376 e. The molecule has 2 amide bonds. The van der Waals surface area contributed by atoms with Crippen molar-refractivity contribution in [3.8, 4) is 0 Å². The molecule has 0 spiro atoms. The SMILES string of the molecule is Cc1ncc(CNC(=O)N2CC[C@@H](OCCC(C)C)C2)s1. The number of amides is 2. The zero-order chi connectivity index (χ0) is 15.2. The molecule has 0 saturated carbocycles. The molecule has 0 aromatic carbocycles. The van der Waals surface area contributed by atoms with Crippen molar-refractivity contribution < 1.29 is 9.53 Å². The first-order valence-electron chi connectivity index (χ1n) is 7.60. The predicted octanol–water partition coefficient (Wildman–Crippen LogP) is 2.80. The summed E-state index contributed by atoms with van der Waals surface area (Å²) in [4.78, 5) is 19.2. The second-order valence-electron chi connectivity index (χ2n) is 5.91. The Hall–Kier alpha value is -1.14. The first-order valence-corrected chi connectivity index (χ1v) is 8.42. The third kappa shape index (κ3) is 5.28. The summed E-state index contributed by atoms with van der Waals surface area (Å²) in [5, 5.41) is 3.98. The Labute approximate surface area is 130 Å². The monoisotopic (exact) mass is 311 g/mol. The molecule has 1 N–H and O–H groups in total. The molecule has 0 bridgehead atoms. The summed E-state index contributed by atoms with van der Waals surface area (Å²) in [7, 11) is 0. The maximum Gasteiger partial charge on any atom is 0.317 e. The number of carbonyl (C=O) groups is 1. The Bertz CT molecular complexity index is 462. The lowest BCUT2D eigenvalue weighted by atomic mass is 10.1. The first kappa shape index (κ1) is 16.2. The topological polar surface area (TPSA) is 54.5 Å². The standard InChI is InChI=1S/C15H25N3O2S/c1-11(2)5-7-20-13-4-6-18(10-13)15(19)17-9-14-8-16-12(3)21-14/h8,11,13H,4-7,9-10H2,1-3H3,(H,17,19)/t13-/m1/s1. The second-order valence-corrected chi connectivity index (χ2v) is 7.23. The third-order valence-corrected chi connectivity index (χ3v) is 4.48. The van der Waals surface area contributed by atoms with Gasteiger partial charge < -0.3 is 15.0 Å². The van der Waals surface area contributed by atoms with Gasteiger partial charge in [0.15, 0.2) is 0 Å². The van der Waals surface area contributed by atoms with E-state index in [-0.39, 0.29) is 12.1 Å². The molecule has 118 valence electrons. The van der Waals surface area contributed by atoms with E-state index in [4.69, 9.17) is 4.74 Å². The average molecular weight is 311 g/mol. The Balaban J connectivity index is 1.67. The molecule has 0 unspecified atom stereocenters. The summed E-state index contributed by atoms with van der Waals surface area (Å²) < 4.78 is 5.83. The van der Waals surface area contributed by atoms with Crippen molar-refractivity contribution in [1.29, 1.82) is 0 Å². The maximum absolute atomic E-state index is 12.1. The summed E-state index contributed by atoms with van der Waals surface area (Å²) >= 11 is 1.62. The lowest BCUT2D eigenvalue weighted by molar-refractivity contribution is 0.0543. The van der Waals surface area contributed by atoms with E-state index in [1.165, 1.54) is 0 Å². The Kier molecular flexibility index (Phi) is 5.99. The van der Waals surface area contributed by atoms with E-state index in [0.29, 0.717) is 19.0 Å². The number of ether oxygens (including phenoxy) is 1. The smallest absolute Gasteiger partial charge is 0.317 e. The van der Waals surface area contributed by atoms with Gasteiger partial charge in [0.25, 0.3) is 0 Å². The van der Waals surface area contributed by atoms with Gasteiger partial charge in [-0.05, 0) is 25.7 Å². The third-order valence-electron chi connectivity index (χ3n) is 3.56. The molecule has 6 heteroatoms. The van der Waals surface area contributed by atoms with Gasteiger partial charge >= 0.3 is 6.03 Å². The second kappa shape index (κ2) is 7.75.